The quantitative estimate of drug-likeness (QED) is 0.525. The van der Waals surface area contributed by atoms with Gasteiger partial charge in [-0.25, -0.2) is 0 Å². The Morgan fingerprint density at radius 3 is 2.58 bits per heavy atom. The number of nitrogens with zero attached hydrogens (tertiary/aromatic N) is 4. The summed E-state index contributed by atoms with van der Waals surface area (Å²) in [5.74, 6) is 0.00479. The number of fused-ring (bicyclic) bond motifs is 1. The number of carbonyl (C=O) groups excluding carboxylic acids is 1. The van der Waals surface area contributed by atoms with Crippen molar-refractivity contribution < 1.29 is 4.79 Å². The van der Waals surface area contributed by atoms with Crippen LogP contribution in [0.15, 0.2) is 67.0 Å². The molecule has 156 valence electrons. The second-order valence-corrected chi connectivity index (χ2v) is 8.16. The lowest BCUT2D eigenvalue weighted by atomic mass is 10.1. The Balaban J connectivity index is 1.26. The zero-order valence-corrected chi connectivity index (χ0v) is 17.7. The summed E-state index contributed by atoms with van der Waals surface area (Å²) in [7, 11) is 0. The Bertz CT molecular complexity index is 1210. The van der Waals surface area contributed by atoms with Crippen LogP contribution in [0.5, 0.6) is 0 Å². The Labute approximate surface area is 185 Å². The van der Waals surface area contributed by atoms with Gasteiger partial charge in [-0.2, -0.15) is 5.10 Å². The minimum Gasteiger partial charge on any atom is -0.336 e. The smallest absolute Gasteiger partial charge is 0.257 e. The van der Waals surface area contributed by atoms with E-state index in [0.29, 0.717) is 23.7 Å². The van der Waals surface area contributed by atoms with Crippen molar-refractivity contribution in [3.63, 3.8) is 0 Å². The van der Waals surface area contributed by atoms with Gasteiger partial charge in [-0.1, -0.05) is 48.0 Å². The SMILES string of the molecule is O=C(c1cn[nH]c1-c1ccc(Cl)cc1)N1CCN(Cc2cccc3cccnc23)CC1. The molecule has 0 spiro atoms. The number of H-pyrrole nitrogens is 1. The van der Waals surface area contributed by atoms with Crippen LogP contribution in [0, 0.1) is 0 Å². The third-order valence-electron chi connectivity index (χ3n) is 5.77. The van der Waals surface area contributed by atoms with E-state index in [4.69, 9.17) is 11.6 Å². The fourth-order valence-corrected chi connectivity index (χ4v) is 4.23. The maximum absolute atomic E-state index is 13.2. The molecular formula is C24H22ClN5O. The van der Waals surface area contributed by atoms with Gasteiger partial charge in [0.25, 0.3) is 5.91 Å². The van der Waals surface area contributed by atoms with Crippen LogP contribution in [0.1, 0.15) is 15.9 Å². The summed E-state index contributed by atoms with van der Waals surface area (Å²) in [4.78, 5) is 22.0. The van der Waals surface area contributed by atoms with Crippen LogP contribution < -0.4 is 0 Å². The van der Waals surface area contributed by atoms with E-state index < -0.39 is 0 Å². The molecule has 0 aliphatic carbocycles. The number of piperazine rings is 1. The molecule has 1 saturated heterocycles. The Kier molecular flexibility index (Phi) is 5.40. The number of rotatable bonds is 4. The van der Waals surface area contributed by atoms with Crippen molar-refractivity contribution >= 4 is 28.4 Å². The largest absolute Gasteiger partial charge is 0.336 e. The fourth-order valence-electron chi connectivity index (χ4n) is 4.10. The third kappa shape index (κ3) is 4.04. The van der Waals surface area contributed by atoms with Crippen LogP contribution in [-0.4, -0.2) is 57.1 Å². The molecule has 0 radical (unpaired) electrons. The van der Waals surface area contributed by atoms with Crippen LogP contribution >= 0.6 is 11.6 Å². The van der Waals surface area contributed by atoms with Crippen LogP contribution in [0.4, 0.5) is 0 Å². The summed E-state index contributed by atoms with van der Waals surface area (Å²) in [6.45, 7) is 3.84. The van der Waals surface area contributed by atoms with Crippen LogP contribution in [0.3, 0.4) is 0 Å². The van der Waals surface area contributed by atoms with Crippen molar-refractivity contribution in [2.45, 2.75) is 6.54 Å². The average Bonchev–Trinajstić information content (AvgIpc) is 3.30. The highest BCUT2D eigenvalue weighted by atomic mass is 35.5. The first kappa shape index (κ1) is 19.7. The molecule has 0 atom stereocenters. The van der Waals surface area contributed by atoms with Crippen molar-refractivity contribution in [3.8, 4) is 11.3 Å². The molecule has 2 aromatic carbocycles. The summed E-state index contributed by atoms with van der Waals surface area (Å²) < 4.78 is 0. The molecule has 4 aromatic rings. The predicted molar refractivity (Wildman–Crippen MR) is 122 cm³/mol. The van der Waals surface area contributed by atoms with E-state index in [1.54, 1.807) is 6.20 Å². The number of aromatic nitrogens is 3. The van der Waals surface area contributed by atoms with Gasteiger partial charge in [0.1, 0.15) is 0 Å². The van der Waals surface area contributed by atoms with Gasteiger partial charge < -0.3 is 4.90 Å². The van der Waals surface area contributed by atoms with Crippen LogP contribution in [0.2, 0.25) is 5.02 Å². The second kappa shape index (κ2) is 8.49. The highest BCUT2D eigenvalue weighted by Gasteiger charge is 2.25. The molecule has 31 heavy (non-hydrogen) atoms. The van der Waals surface area contributed by atoms with Gasteiger partial charge in [-0.3, -0.25) is 19.8 Å². The van der Waals surface area contributed by atoms with Gasteiger partial charge in [-0.05, 0) is 23.8 Å². The van der Waals surface area contributed by atoms with Crippen molar-refractivity contribution in [2.24, 2.45) is 0 Å². The van der Waals surface area contributed by atoms with Crippen molar-refractivity contribution in [1.82, 2.24) is 25.0 Å². The Hall–Kier alpha value is -3.22. The number of nitrogens with one attached hydrogen (secondary N) is 1. The average molecular weight is 432 g/mol. The number of aromatic amines is 1. The number of hydrogen-bond acceptors (Lipinski definition) is 4. The van der Waals surface area contributed by atoms with E-state index in [1.807, 2.05) is 41.4 Å². The first-order valence-electron chi connectivity index (χ1n) is 10.3. The first-order valence-corrected chi connectivity index (χ1v) is 10.7. The number of pyridine rings is 1. The third-order valence-corrected chi connectivity index (χ3v) is 6.02. The Morgan fingerprint density at radius 1 is 1.00 bits per heavy atom. The number of hydrogen-bond donors (Lipinski definition) is 1. The van der Waals surface area contributed by atoms with Crippen molar-refractivity contribution in [2.75, 3.05) is 26.2 Å². The van der Waals surface area contributed by atoms with Gasteiger partial charge in [0.2, 0.25) is 0 Å². The monoisotopic (exact) mass is 431 g/mol. The molecule has 1 amide bonds. The molecule has 1 aliphatic rings. The molecule has 1 aliphatic heterocycles. The van der Waals surface area contributed by atoms with Gasteiger partial charge >= 0.3 is 0 Å². The first-order chi connectivity index (χ1) is 15.2. The molecule has 6 nitrogen and oxygen atoms in total. The summed E-state index contributed by atoms with van der Waals surface area (Å²) in [6, 6.07) is 17.8. The summed E-state index contributed by atoms with van der Waals surface area (Å²) in [5, 5.41) is 8.89. The van der Waals surface area contributed by atoms with E-state index in [9.17, 15) is 4.79 Å². The summed E-state index contributed by atoms with van der Waals surface area (Å²) >= 11 is 5.99. The van der Waals surface area contributed by atoms with E-state index in [1.165, 1.54) is 5.56 Å². The molecule has 1 fully saturated rings. The van der Waals surface area contributed by atoms with Crippen molar-refractivity contribution in [1.29, 1.82) is 0 Å². The number of benzene rings is 2. The van der Waals surface area contributed by atoms with Gasteiger partial charge in [0, 0.05) is 54.9 Å². The zero-order chi connectivity index (χ0) is 21.2. The van der Waals surface area contributed by atoms with Gasteiger partial charge in [0.05, 0.1) is 23.0 Å². The number of carbonyl (C=O) groups is 1. The molecule has 0 bridgehead atoms. The lowest BCUT2D eigenvalue weighted by Gasteiger charge is -2.34. The van der Waals surface area contributed by atoms with E-state index in [2.05, 4.69) is 44.3 Å². The Morgan fingerprint density at radius 2 is 1.77 bits per heavy atom. The van der Waals surface area contributed by atoms with Gasteiger partial charge in [-0.15, -0.1) is 0 Å². The van der Waals surface area contributed by atoms with E-state index in [-0.39, 0.29) is 5.91 Å². The van der Waals surface area contributed by atoms with Crippen LogP contribution in [0.25, 0.3) is 22.2 Å². The van der Waals surface area contributed by atoms with Crippen molar-refractivity contribution in [3.05, 3.63) is 83.1 Å². The van der Waals surface area contributed by atoms with Gasteiger partial charge in [0.15, 0.2) is 0 Å². The standard InChI is InChI=1S/C24H22ClN5O/c25-20-8-6-18(7-9-20)23-21(15-27-28-23)24(31)30-13-11-29(12-14-30)16-19-4-1-3-17-5-2-10-26-22(17)19/h1-10,15H,11-14,16H2,(H,27,28). The zero-order valence-electron chi connectivity index (χ0n) is 17.0. The lowest BCUT2D eigenvalue weighted by molar-refractivity contribution is 0.0629. The maximum atomic E-state index is 13.2. The number of halogens is 1. The second-order valence-electron chi connectivity index (χ2n) is 7.73. The molecule has 2 aromatic heterocycles. The number of para-hydroxylation sites is 1. The molecular weight excluding hydrogens is 410 g/mol. The maximum Gasteiger partial charge on any atom is 0.257 e. The summed E-state index contributed by atoms with van der Waals surface area (Å²) in [6.07, 6.45) is 3.45. The highest BCUT2D eigenvalue weighted by molar-refractivity contribution is 6.30. The number of amides is 1. The van der Waals surface area contributed by atoms with Crippen LogP contribution in [-0.2, 0) is 6.54 Å². The van der Waals surface area contributed by atoms with E-state index >= 15 is 0 Å². The summed E-state index contributed by atoms with van der Waals surface area (Å²) in [5.41, 5.74) is 4.49. The fraction of sp³-hybridized carbons (Fsp3) is 0.208. The molecule has 1 N–H and O–H groups in total. The molecule has 0 saturated carbocycles. The lowest BCUT2D eigenvalue weighted by Crippen LogP contribution is -2.48. The van der Waals surface area contributed by atoms with E-state index in [0.717, 1.165) is 41.8 Å². The topological polar surface area (TPSA) is 65.1 Å². The molecule has 5 rings (SSSR count). The molecule has 0 unspecified atom stereocenters. The minimum atomic E-state index is 0.00479. The normalized spacial score (nSPS) is 14.8. The predicted octanol–water partition coefficient (Wildman–Crippen LogP) is 4.24. The highest BCUT2D eigenvalue weighted by Crippen LogP contribution is 2.25. The molecule has 7 heteroatoms. The minimum absolute atomic E-state index is 0.00479. The molecule has 3 heterocycles.